The van der Waals surface area contributed by atoms with Gasteiger partial charge in [0.1, 0.15) is 0 Å². The number of nitrogen functional groups attached to an aromatic ring is 1. The Morgan fingerprint density at radius 2 is 2.14 bits per heavy atom. The van der Waals surface area contributed by atoms with E-state index in [2.05, 4.69) is 27.9 Å². The number of carbonyl (C=O) groups is 1. The first-order valence-electron chi connectivity index (χ1n) is 7.61. The van der Waals surface area contributed by atoms with Crippen LogP contribution in [0, 0.1) is 5.92 Å². The molecule has 2 heterocycles. The maximum absolute atomic E-state index is 12.7. The van der Waals surface area contributed by atoms with Gasteiger partial charge >= 0.3 is 0 Å². The fourth-order valence-electron chi connectivity index (χ4n) is 3.70. The lowest BCUT2D eigenvalue weighted by molar-refractivity contribution is 0.0317. The number of hydrogen-bond donors (Lipinski definition) is 1. The van der Waals surface area contributed by atoms with Crippen LogP contribution >= 0.6 is 15.9 Å². The van der Waals surface area contributed by atoms with Crippen molar-refractivity contribution in [1.82, 2.24) is 9.80 Å². The summed E-state index contributed by atoms with van der Waals surface area (Å²) in [7, 11) is 2.21. The lowest BCUT2D eigenvalue weighted by Crippen LogP contribution is -2.53. The molecule has 4 nitrogen and oxygen atoms in total. The van der Waals surface area contributed by atoms with E-state index in [0.717, 1.165) is 24.0 Å². The zero-order chi connectivity index (χ0) is 15.0. The van der Waals surface area contributed by atoms with Crippen molar-refractivity contribution >= 4 is 27.5 Å². The average Bonchev–Trinajstić information content (AvgIpc) is 2.49. The highest BCUT2D eigenvalue weighted by atomic mass is 79.9. The van der Waals surface area contributed by atoms with Gasteiger partial charge in [0.15, 0.2) is 0 Å². The number of benzene rings is 1. The molecule has 2 saturated heterocycles. The predicted octanol–water partition coefficient (Wildman–Crippen LogP) is 2.59. The van der Waals surface area contributed by atoms with Crippen LogP contribution in [-0.4, -0.2) is 48.4 Å². The van der Waals surface area contributed by atoms with Crippen molar-refractivity contribution in [2.45, 2.75) is 25.3 Å². The van der Waals surface area contributed by atoms with Gasteiger partial charge in [0.25, 0.3) is 5.91 Å². The first kappa shape index (κ1) is 14.9. The fourth-order valence-corrected chi connectivity index (χ4v) is 3.94. The molecule has 2 fully saturated rings. The summed E-state index contributed by atoms with van der Waals surface area (Å²) in [6.07, 6.45) is 3.56. The summed E-state index contributed by atoms with van der Waals surface area (Å²) in [4.78, 5) is 17.1. The van der Waals surface area contributed by atoms with Crippen LogP contribution in [0.15, 0.2) is 22.7 Å². The molecule has 0 spiro atoms. The van der Waals surface area contributed by atoms with Crippen LogP contribution in [-0.2, 0) is 0 Å². The van der Waals surface area contributed by atoms with E-state index in [4.69, 9.17) is 5.73 Å². The van der Waals surface area contributed by atoms with Crippen molar-refractivity contribution in [1.29, 1.82) is 0 Å². The Labute approximate surface area is 134 Å². The maximum atomic E-state index is 12.7. The Morgan fingerprint density at radius 3 is 2.90 bits per heavy atom. The Morgan fingerprint density at radius 1 is 1.33 bits per heavy atom. The monoisotopic (exact) mass is 351 g/mol. The number of rotatable bonds is 1. The second-order valence-corrected chi connectivity index (χ2v) is 7.08. The number of amides is 1. The molecule has 0 bridgehead atoms. The predicted molar refractivity (Wildman–Crippen MR) is 88.2 cm³/mol. The molecule has 3 rings (SSSR count). The van der Waals surface area contributed by atoms with Crippen LogP contribution in [0.5, 0.6) is 0 Å². The molecule has 0 saturated carbocycles. The van der Waals surface area contributed by atoms with Crippen LogP contribution in [0.3, 0.4) is 0 Å². The summed E-state index contributed by atoms with van der Waals surface area (Å²) in [6, 6.07) is 6.12. The number of likely N-dealkylation sites (tertiary alicyclic amines) is 2. The smallest absolute Gasteiger partial charge is 0.253 e. The minimum Gasteiger partial charge on any atom is -0.398 e. The summed E-state index contributed by atoms with van der Waals surface area (Å²) < 4.78 is 0.840. The minimum absolute atomic E-state index is 0.112. The van der Waals surface area contributed by atoms with Gasteiger partial charge in [-0.2, -0.15) is 0 Å². The summed E-state index contributed by atoms with van der Waals surface area (Å²) in [5, 5.41) is 0. The standard InChI is InChI=1S/C16H22BrN3O/c1-19-7-2-3-12-10-20(8-6-15(12)19)16(21)11-4-5-13(17)14(18)9-11/h4-5,9,12,15H,2-3,6-8,10,18H2,1H3. The highest BCUT2D eigenvalue weighted by Gasteiger charge is 2.35. The molecule has 21 heavy (non-hydrogen) atoms. The summed E-state index contributed by atoms with van der Waals surface area (Å²) in [6.45, 7) is 2.92. The highest BCUT2D eigenvalue weighted by Crippen LogP contribution is 2.30. The molecular formula is C16H22BrN3O. The number of nitrogens with two attached hydrogens (primary N) is 1. The molecule has 1 aromatic rings. The second kappa shape index (κ2) is 5.97. The normalized spacial score (nSPS) is 26.5. The number of piperidine rings is 2. The number of fused-ring (bicyclic) bond motifs is 1. The van der Waals surface area contributed by atoms with Gasteiger partial charge in [-0.25, -0.2) is 0 Å². The summed E-state index contributed by atoms with van der Waals surface area (Å²) in [5.41, 5.74) is 7.20. The van der Waals surface area contributed by atoms with E-state index < -0.39 is 0 Å². The maximum Gasteiger partial charge on any atom is 0.253 e. The molecule has 2 atom stereocenters. The highest BCUT2D eigenvalue weighted by molar-refractivity contribution is 9.10. The quantitative estimate of drug-likeness (QED) is 0.791. The average molecular weight is 352 g/mol. The lowest BCUT2D eigenvalue weighted by atomic mass is 9.84. The van der Waals surface area contributed by atoms with E-state index in [1.54, 1.807) is 6.07 Å². The van der Waals surface area contributed by atoms with Gasteiger partial charge in [0, 0.05) is 34.9 Å². The molecule has 0 aromatic heterocycles. The van der Waals surface area contributed by atoms with Crippen molar-refractivity contribution in [2.75, 3.05) is 32.4 Å². The molecule has 2 unspecified atom stereocenters. The third-order valence-corrected chi connectivity index (χ3v) is 5.60. The number of anilines is 1. The van der Waals surface area contributed by atoms with E-state index in [1.165, 1.54) is 19.4 Å². The number of carbonyl (C=O) groups excluding carboxylic acids is 1. The Bertz CT molecular complexity index is 548. The molecule has 114 valence electrons. The molecule has 0 radical (unpaired) electrons. The van der Waals surface area contributed by atoms with E-state index in [-0.39, 0.29) is 5.91 Å². The largest absolute Gasteiger partial charge is 0.398 e. The topological polar surface area (TPSA) is 49.6 Å². The lowest BCUT2D eigenvalue weighted by Gasteiger charge is -2.46. The zero-order valence-electron chi connectivity index (χ0n) is 12.4. The van der Waals surface area contributed by atoms with E-state index in [1.807, 2.05) is 17.0 Å². The fraction of sp³-hybridized carbons (Fsp3) is 0.562. The zero-order valence-corrected chi connectivity index (χ0v) is 14.0. The van der Waals surface area contributed by atoms with Gasteiger partial charge in [0.2, 0.25) is 0 Å². The molecule has 2 aliphatic heterocycles. The van der Waals surface area contributed by atoms with Crippen molar-refractivity contribution in [3.63, 3.8) is 0 Å². The SMILES string of the molecule is CN1CCCC2CN(C(=O)c3ccc(Br)c(N)c3)CCC21. The molecule has 1 aromatic carbocycles. The van der Waals surface area contributed by atoms with Gasteiger partial charge < -0.3 is 15.5 Å². The van der Waals surface area contributed by atoms with Gasteiger partial charge in [-0.05, 0) is 72.9 Å². The number of nitrogens with zero attached hydrogens (tertiary/aromatic N) is 2. The van der Waals surface area contributed by atoms with E-state index in [9.17, 15) is 4.79 Å². The Balaban J connectivity index is 1.72. The molecule has 0 aliphatic carbocycles. The molecular weight excluding hydrogens is 330 g/mol. The van der Waals surface area contributed by atoms with Crippen LogP contribution in [0.1, 0.15) is 29.6 Å². The summed E-state index contributed by atoms with van der Waals surface area (Å²) in [5.74, 6) is 0.732. The van der Waals surface area contributed by atoms with Crippen LogP contribution < -0.4 is 5.73 Å². The minimum atomic E-state index is 0.112. The third kappa shape index (κ3) is 2.94. The molecule has 5 heteroatoms. The van der Waals surface area contributed by atoms with Gasteiger partial charge in [-0.15, -0.1) is 0 Å². The van der Waals surface area contributed by atoms with Gasteiger partial charge in [-0.1, -0.05) is 0 Å². The van der Waals surface area contributed by atoms with Crippen LogP contribution in [0.25, 0.3) is 0 Å². The van der Waals surface area contributed by atoms with Crippen LogP contribution in [0.2, 0.25) is 0 Å². The van der Waals surface area contributed by atoms with Crippen molar-refractivity contribution in [3.8, 4) is 0 Å². The summed E-state index contributed by atoms with van der Waals surface area (Å²) >= 11 is 3.37. The number of halogens is 1. The molecule has 2 N–H and O–H groups in total. The van der Waals surface area contributed by atoms with E-state index >= 15 is 0 Å². The molecule has 1 amide bonds. The van der Waals surface area contributed by atoms with Crippen molar-refractivity contribution in [2.24, 2.45) is 5.92 Å². The number of hydrogen-bond acceptors (Lipinski definition) is 3. The first-order chi connectivity index (χ1) is 10.1. The second-order valence-electron chi connectivity index (χ2n) is 6.23. The van der Waals surface area contributed by atoms with Gasteiger partial charge in [-0.3, -0.25) is 4.79 Å². The molecule has 2 aliphatic rings. The van der Waals surface area contributed by atoms with E-state index in [0.29, 0.717) is 23.2 Å². The third-order valence-electron chi connectivity index (χ3n) is 4.88. The van der Waals surface area contributed by atoms with Crippen LogP contribution in [0.4, 0.5) is 5.69 Å². The van der Waals surface area contributed by atoms with Gasteiger partial charge in [0.05, 0.1) is 0 Å². The first-order valence-corrected chi connectivity index (χ1v) is 8.40. The van der Waals surface area contributed by atoms with Crippen molar-refractivity contribution < 1.29 is 4.79 Å². The Hall–Kier alpha value is -1.07. The Kier molecular flexibility index (Phi) is 4.22. The van der Waals surface area contributed by atoms with Crippen molar-refractivity contribution in [3.05, 3.63) is 28.2 Å².